The van der Waals surface area contributed by atoms with Crippen molar-refractivity contribution in [3.8, 4) is 0 Å². The van der Waals surface area contributed by atoms with Crippen molar-refractivity contribution in [3.05, 3.63) is 17.5 Å². The van der Waals surface area contributed by atoms with Crippen LogP contribution in [0.15, 0.2) is 10.6 Å². The number of amides is 1. The van der Waals surface area contributed by atoms with E-state index in [1.54, 1.807) is 18.0 Å². The first kappa shape index (κ1) is 14.9. The number of carbonyl (C=O) groups excluding carboxylic acids is 1. The van der Waals surface area contributed by atoms with E-state index in [1.165, 1.54) is 0 Å². The molecule has 1 aromatic heterocycles. The Morgan fingerprint density at radius 3 is 2.81 bits per heavy atom. The number of nitrogens with zero attached hydrogens (tertiary/aromatic N) is 2. The lowest BCUT2D eigenvalue weighted by Gasteiger charge is -2.15. The van der Waals surface area contributed by atoms with Crippen molar-refractivity contribution in [2.75, 3.05) is 27.2 Å². The molecule has 0 spiro atoms. The summed E-state index contributed by atoms with van der Waals surface area (Å²) < 4.78 is 4.89. The second-order valence-corrected chi connectivity index (χ2v) is 3.52. The standard InChI is InChI=1S/C10H17N3O2.ClH/c1-8-6-9(12-15-8)7-10(14)13(3)5-4-11-2;/h6,11H,4-5,7H2,1-3H3;1H. The highest BCUT2D eigenvalue weighted by molar-refractivity contribution is 5.85. The van der Waals surface area contributed by atoms with E-state index in [0.29, 0.717) is 18.7 Å². The lowest BCUT2D eigenvalue weighted by atomic mass is 10.2. The van der Waals surface area contributed by atoms with E-state index in [-0.39, 0.29) is 18.3 Å². The van der Waals surface area contributed by atoms with Gasteiger partial charge in [-0.15, -0.1) is 12.4 Å². The molecule has 1 rings (SSSR count). The van der Waals surface area contributed by atoms with Gasteiger partial charge in [0.2, 0.25) is 5.91 Å². The van der Waals surface area contributed by atoms with Crippen LogP contribution in [0.5, 0.6) is 0 Å². The number of carbonyl (C=O) groups is 1. The fraction of sp³-hybridized carbons (Fsp3) is 0.600. The third kappa shape index (κ3) is 4.63. The van der Waals surface area contributed by atoms with Crippen LogP contribution in [0.3, 0.4) is 0 Å². The van der Waals surface area contributed by atoms with Crippen molar-refractivity contribution in [1.82, 2.24) is 15.4 Å². The first-order valence-electron chi connectivity index (χ1n) is 4.94. The molecule has 92 valence electrons. The second-order valence-electron chi connectivity index (χ2n) is 3.52. The quantitative estimate of drug-likeness (QED) is 0.829. The van der Waals surface area contributed by atoms with E-state index in [2.05, 4.69) is 10.5 Å². The van der Waals surface area contributed by atoms with Gasteiger partial charge in [-0.25, -0.2) is 0 Å². The fourth-order valence-electron chi connectivity index (χ4n) is 1.20. The summed E-state index contributed by atoms with van der Waals surface area (Å²) in [5.74, 6) is 0.786. The summed E-state index contributed by atoms with van der Waals surface area (Å²) in [6, 6.07) is 1.78. The van der Waals surface area contributed by atoms with Crippen LogP contribution >= 0.6 is 12.4 Å². The van der Waals surface area contributed by atoms with E-state index in [0.717, 1.165) is 12.3 Å². The van der Waals surface area contributed by atoms with Crippen LogP contribution < -0.4 is 5.32 Å². The number of likely N-dealkylation sites (N-methyl/N-ethyl adjacent to an activating group) is 2. The Bertz CT molecular complexity index is 328. The Morgan fingerprint density at radius 1 is 1.62 bits per heavy atom. The lowest BCUT2D eigenvalue weighted by molar-refractivity contribution is -0.129. The normalized spacial score (nSPS) is 9.69. The van der Waals surface area contributed by atoms with Crippen molar-refractivity contribution in [2.45, 2.75) is 13.3 Å². The molecule has 0 radical (unpaired) electrons. The zero-order valence-electron chi connectivity index (χ0n) is 9.82. The monoisotopic (exact) mass is 247 g/mol. The van der Waals surface area contributed by atoms with E-state index in [1.807, 2.05) is 14.0 Å². The van der Waals surface area contributed by atoms with Crippen LogP contribution in [0.25, 0.3) is 0 Å². The summed E-state index contributed by atoms with van der Waals surface area (Å²) >= 11 is 0. The molecular formula is C10H18ClN3O2. The summed E-state index contributed by atoms with van der Waals surface area (Å²) in [7, 11) is 3.64. The van der Waals surface area contributed by atoms with Gasteiger partial charge in [0, 0.05) is 26.2 Å². The van der Waals surface area contributed by atoms with Crippen LogP contribution in [0.2, 0.25) is 0 Å². The molecule has 0 fully saturated rings. The smallest absolute Gasteiger partial charge is 0.228 e. The van der Waals surface area contributed by atoms with Crippen LogP contribution in [0.4, 0.5) is 0 Å². The Labute approximate surface area is 102 Å². The molecule has 1 N–H and O–H groups in total. The molecule has 1 heterocycles. The third-order valence-electron chi connectivity index (χ3n) is 2.13. The summed E-state index contributed by atoms with van der Waals surface area (Å²) in [5.41, 5.74) is 0.689. The van der Waals surface area contributed by atoms with E-state index < -0.39 is 0 Å². The summed E-state index contributed by atoms with van der Waals surface area (Å²) in [6.07, 6.45) is 0.303. The lowest BCUT2D eigenvalue weighted by Crippen LogP contribution is -2.33. The largest absolute Gasteiger partial charge is 0.361 e. The van der Waals surface area contributed by atoms with E-state index >= 15 is 0 Å². The van der Waals surface area contributed by atoms with Gasteiger partial charge in [0.1, 0.15) is 5.76 Å². The SMILES string of the molecule is CNCCN(C)C(=O)Cc1cc(C)on1.Cl. The molecule has 1 amide bonds. The Hall–Kier alpha value is -1.07. The molecule has 0 saturated heterocycles. The predicted octanol–water partition coefficient (Wildman–Crippen LogP) is 0.625. The molecule has 16 heavy (non-hydrogen) atoms. The average Bonchev–Trinajstić information content (AvgIpc) is 2.60. The Kier molecular flexibility index (Phi) is 6.76. The molecule has 0 aliphatic heterocycles. The van der Waals surface area contributed by atoms with Gasteiger partial charge in [-0.05, 0) is 14.0 Å². The molecule has 0 aromatic carbocycles. The van der Waals surface area contributed by atoms with Crippen molar-refractivity contribution in [1.29, 1.82) is 0 Å². The molecule has 0 aliphatic carbocycles. The molecule has 5 nitrogen and oxygen atoms in total. The van der Waals surface area contributed by atoms with Crippen molar-refractivity contribution < 1.29 is 9.32 Å². The Morgan fingerprint density at radius 2 is 2.31 bits per heavy atom. The van der Waals surface area contributed by atoms with Crippen LogP contribution in [-0.2, 0) is 11.2 Å². The number of aromatic nitrogens is 1. The molecule has 0 aliphatic rings. The third-order valence-corrected chi connectivity index (χ3v) is 2.13. The molecule has 1 aromatic rings. The summed E-state index contributed by atoms with van der Waals surface area (Å²) in [6.45, 7) is 3.30. The number of rotatable bonds is 5. The summed E-state index contributed by atoms with van der Waals surface area (Å²) in [4.78, 5) is 13.3. The van der Waals surface area contributed by atoms with Crippen molar-refractivity contribution in [2.24, 2.45) is 0 Å². The number of nitrogens with one attached hydrogen (secondary N) is 1. The minimum Gasteiger partial charge on any atom is -0.361 e. The topological polar surface area (TPSA) is 58.4 Å². The molecule has 0 unspecified atom stereocenters. The fourth-order valence-corrected chi connectivity index (χ4v) is 1.20. The van der Waals surface area contributed by atoms with Crippen LogP contribution in [-0.4, -0.2) is 43.1 Å². The molecule has 0 saturated carbocycles. The minimum absolute atomic E-state index is 0. The van der Waals surface area contributed by atoms with Gasteiger partial charge in [0.15, 0.2) is 0 Å². The first-order chi connectivity index (χ1) is 7.13. The van der Waals surface area contributed by atoms with Gasteiger partial charge < -0.3 is 14.7 Å². The van der Waals surface area contributed by atoms with Gasteiger partial charge in [-0.2, -0.15) is 0 Å². The molecular weight excluding hydrogens is 230 g/mol. The molecule has 0 atom stereocenters. The van der Waals surface area contributed by atoms with Gasteiger partial charge >= 0.3 is 0 Å². The van der Waals surface area contributed by atoms with Gasteiger partial charge in [-0.1, -0.05) is 5.16 Å². The van der Waals surface area contributed by atoms with Crippen molar-refractivity contribution >= 4 is 18.3 Å². The molecule has 0 bridgehead atoms. The summed E-state index contributed by atoms with van der Waals surface area (Å²) in [5, 5.41) is 6.77. The first-order valence-corrected chi connectivity index (χ1v) is 4.94. The van der Waals surface area contributed by atoms with E-state index in [9.17, 15) is 4.79 Å². The molecule has 6 heteroatoms. The van der Waals surface area contributed by atoms with Gasteiger partial charge in [-0.3, -0.25) is 4.79 Å². The zero-order valence-corrected chi connectivity index (χ0v) is 10.6. The maximum atomic E-state index is 11.6. The highest BCUT2D eigenvalue weighted by atomic mass is 35.5. The number of halogens is 1. The predicted molar refractivity (Wildman–Crippen MR) is 63.8 cm³/mol. The van der Waals surface area contributed by atoms with Crippen LogP contribution in [0.1, 0.15) is 11.5 Å². The van der Waals surface area contributed by atoms with Crippen LogP contribution in [0, 0.1) is 6.92 Å². The highest BCUT2D eigenvalue weighted by Crippen LogP contribution is 2.03. The average molecular weight is 248 g/mol. The minimum atomic E-state index is 0. The Balaban J connectivity index is 0.00000225. The van der Waals surface area contributed by atoms with Crippen molar-refractivity contribution in [3.63, 3.8) is 0 Å². The van der Waals surface area contributed by atoms with Gasteiger partial charge in [0.05, 0.1) is 12.1 Å². The maximum absolute atomic E-state index is 11.6. The maximum Gasteiger partial charge on any atom is 0.228 e. The number of hydrogen-bond donors (Lipinski definition) is 1. The van der Waals surface area contributed by atoms with Gasteiger partial charge in [0.25, 0.3) is 0 Å². The number of aryl methyl sites for hydroxylation is 1. The highest BCUT2D eigenvalue weighted by Gasteiger charge is 2.11. The van der Waals surface area contributed by atoms with E-state index in [4.69, 9.17) is 4.52 Å². The zero-order chi connectivity index (χ0) is 11.3. The second kappa shape index (κ2) is 7.24. The number of hydrogen-bond acceptors (Lipinski definition) is 4.